The molecule has 0 saturated carbocycles. The number of pyridine rings is 1. The number of hydrogen-bond donors (Lipinski definition) is 1. The van der Waals surface area contributed by atoms with Crippen LogP contribution in [-0.4, -0.2) is 23.8 Å². The molecule has 2 aromatic rings. The largest absolute Gasteiger partial charge is 0.494 e. The number of thioether (sulfide) groups is 1. The Hall–Kier alpha value is -2.08. The Bertz CT molecular complexity index is 652. The summed E-state index contributed by atoms with van der Waals surface area (Å²) in [5, 5.41) is 2.86. The van der Waals surface area contributed by atoms with Crippen LogP contribution < -0.4 is 10.1 Å². The molecule has 6 heteroatoms. The normalized spacial score (nSPS) is 11.8. The van der Waals surface area contributed by atoms with Gasteiger partial charge in [-0.15, -0.1) is 11.8 Å². The number of hydrogen-bond acceptors (Lipinski definition) is 4. The Morgan fingerprint density at radius 3 is 2.87 bits per heavy atom. The second-order valence-corrected chi connectivity index (χ2v) is 5.98. The van der Waals surface area contributed by atoms with E-state index in [9.17, 15) is 9.18 Å². The highest BCUT2D eigenvalue weighted by Gasteiger charge is 2.12. The smallest absolute Gasteiger partial charge is 0.230 e. The van der Waals surface area contributed by atoms with Crippen LogP contribution in [-0.2, 0) is 10.5 Å². The summed E-state index contributed by atoms with van der Waals surface area (Å²) in [4.78, 5) is 16.2. The molecule has 23 heavy (non-hydrogen) atoms. The molecule has 1 N–H and O–H groups in total. The van der Waals surface area contributed by atoms with E-state index in [1.807, 2.05) is 25.1 Å². The number of carbonyl (C=O) groups excluding carboxylic acids is 1. The van der Waals surface area contributed by atoms with Gasteiger partial charge in [-0.3, -0.25) is 9.78 Å². The van der Waals surface area contributed by atoms with Crippen molar-refractivity contribution < 1.29 is 13.9 Å². The van der Waals surface area contributed by atoms with E-state index in [0.717, 1.165) is 5.69 Å². The summed E-state index contributed by atoms with van der Waals surface area (Å²) in [6.45, 7) is 1.82. The van der Waals surface area contributed by atoms with Crippen molar-refractivity contribution >= 4 is 17.7 Å². The lowest BCUT2D eigenvalue weighted by atomic mass is 10.1. The number of amides is 1. The molecule has 1 amide bonds. The van der Waals surface area contributed by atoms with E-state index in [2.05, 4.69) is 10.3 Å². The van der Waals surface area contributed by atoms with E-state index < -0.39 is 5.82 Å². The van der Waals surface area contributed by atoms with Crippen molar-refractivity contribution in [3.05, 3.63) is 59.7 Å². The first-order valence-corrected chi connectivity index (χ1v) is 8.36. The van der Waals surface area contributed by atoms with Gasteiger partial charge in [0.1, 0.15) is 0 Å². The zero-order valence-electron chi connectivity index (χ0n) is 13.1. The lowest BCUT2D eigenvalue weighted by Crippen LogP contribution is -2.28. The van der Waals surface area contributed by atoms with Crippen LogP contribution in [0.25, 0.3) is 0 Å². The van der Waals surface area contributed by atoms with Gasteiger partial charge in [-0.25, -0.2) is 4.39 Å². The predicted octanol–water partition coefficient (Wildman–Crippen LogP) is 3.34. The van der Waals surface area contributed by atoms with Crippen LogP contribution >= 0.6 is 11.8 Å². The Labute approximate surface area is 139 Å². The molecule has 0 radical (unpaired) electrons. The minimum Gasteiger partial charge on any atom is -0.494 e. The van der Waals surface area contributed by atoms with Crippen LogP contribution in [0.3, 0.4) is 0 Å². The van der Waals surface area contributed by atoms with Gasteiger partial charge in [0.25, 0.3) is 0 Å². The molecule has 0 aliphatic rings. The number of benzene rings is 1. The van der Waals surface area contributed by atoms with Gasteiger partial charge in [-0.05, 0) is 36.8 Å². The van der Waals surface area contributed by atoms with E-state index in [4.69, 9.17) is 4.74 Å². The minimum atomic E-state index is -0.435. The first-order valence-electron chi connectivity index (χ1n) is 7.20. The molecule has 0 aliphatic heterocycles. The molecule has 1 unspecified atom stereocenters. The van der Waals surface area contributed by atoms with Crippen molar-refractivity contribution in [3.63, 3.8) is 0 Å². The van der Waals surface area contributed by atoms with Crippen molar-refractivity contribution in [1.82, 2.24) is 10.3 Å². The van der Waals surface area contributed by atoms with Crippen molar-refractivity contribution in [1.29, 1.82) is 0 Å². The topological polar surface area (TPSA) is 51.2 Å². The Morgan fingerprint density at radius 1 is 1.39 bits per heavy atom. The molecule has 1 heterocycles. The zero-order chi connectivity index (χ0) is 16.7. The van der Waals surface area contributed by atoms with E-state index in [1.165, 1.54) is 24.9 Å². The third-order valence-corrected chi connectivity index (χ3v) is 4.23. The average molecular weight is 334 g/mol. The highest BCUT2D eigenvalue weighted by atomic mass is 32.2. The van der Waals surface area contributed by atoms with Crippen molar-refractivity contribution in [2.75, 3.05) is 12.9 Å². The third kappa shape index (κ3) is 5.25. The highest BCUT2D eigenvalue weighted by Crippen LogP contribution is 2.21. The number of ether oxygens (including phenoxy) is 1. The third-order valence-electron chi connectivity index (χ3n) is 3.26. The number of methoxy groups -OCH3 is 1. The van der Waals surface area contributed by atoms with Crippen LogP contribution in [0.4, 0.5) is 4.39 Å². The molecule has 4 nitrogen and oxygen atoms in total. The van der Waals surface area contributed by atoms with Gasteiger partial charge < -0.3 is 10.1 Å². The average Bonchev–Trinajstić information content (AvgIpc) is 2.55. The molecule has 122 valence electrons. The number of aromatic nitrogens is 1. The summed E-state index contributed by atoms with van der Waals surface area (Å²) >= 11 is 1.49. The van der Waals surface area contributed by atoms with Gasteiger partial charge in [0, 0.05) is 11.9 Å². The molecule has 0 saturated heterocycles. The van der Waals surface area contributed by atoms with E-state index >= 15 is 0 Å². The predicted molar refractivity (Wildman–Crippen MR) is 89.9 cm³/mol. The highest BCUT2D eigenvalue weighted by molar-refractivity contribution is 7.99. The van der Waals surface area contributed by atoms with Crippen LogP contribution in [0.2, 0.25) is 0 Å². The van der Waals surface area contributed by atoms with Gasteiger partial charge in [-0.2, -0.15) is 0 Å². The van der Waals surface area contributed by atoms with Crippen LogP contribution in [0, 0.1) is 5.82 Å². The fourth-order valence-electron chi connectivity index (χ4n) is 2.05. The molecule has 0 fully saturated rings. The van der Waals surface area contributed by atoms with Gasteiger partial charge in [0.2, 0.25) is 5.91 Å². The summed E-state index contributed by atoms with van der Waals surface area (Å²) < 4.78 is 18.6. The maximum atomic E-state index is 13.7. The summed E-state index contributed by atoms with van der Waals surface area (Å²) in [5.74, 6) is 0.683. The number of nitrogens with one attached hydrogen (secondary N) is 1. The number of halogens is 1. The van der Waals surface area contributed by atoms with Crippen molar-refractivity contribution in [3.8, 4) is 5.75 Å². The molecule has 0 spiro atoms. The molecule has 0 bridgehead atoms. The first kappa shape index (κ1) is 17.3. The van der Waals surface area contributed by atoms with Crippen LogP contribution in [0.5, 0.6) is 5.75 Å². The van der Waals surface area contributed by atoms with Crippen LogP contribution in [0.15, 0.2) is 42.6 Å². The van der Waals surface area contributed by atoms with Crippen molar-refractivity contribution in [2.45, 2.75) is 18.7 Å². The quantitative estimate of drug-likeness (QED) is 0.844. The molecule has 2 rings (SSSR count). The summed E-state index contributed by atoms with van der Waals surface area (Å²) in [5.41, 5.74) is 1.64. The second-order valence-electron chi connectivity index (χ2n) is 5.00. The number of carbonyl (C=O) groups is 1. The monoisotopic (exact) mass is 334 g/mol. The molecule has 1 atom stereocenters. The van der Waals surface area contributed by atoms with E-state index in [1.54, 1.807) is 18.3 Å². The summed E-state index contributed by atoms with van der Waals surface area (Å²) in [7, 11) is 1.42. The molecular weight excluding hydrogens is 315 g/mol. The Morgan fingerprint density at radius 2 is 2.22 bits per heavy atom. The molecule has 0 aliphatic carbocycles. The fourth-order valence-corrected chi connectivity index (χ4v) is 2.80. The van der Waals surface area contributed by atoms with E-state index in [0.29, 0.717) is 17.1 Å². The summed E-state index contributed by atoms with van der Waals surface area (Å²) in [6.07, 6.45) is 1.73. The Kier molecular flexibility index (Phi) is 6.40. The fraction of sp³-hybridized carbons (Fsp3) is 0.294. The van der Waals surface area contributed by atoms with E-state index in [-0.39, 0.29) is 17.7 Å². The lowest BCUT2D eigenvalue weighted by Gasteiger charge is -2.15. The molecule has 1 aromatic heterocycles. The van der Waals surface area contributed by atoms with Gasteiger partial charge in [0.05, 0.1) is 24.6 Å². The maximum Gasteiger partial charge on any atom is 0.230 e. The SMILES string of the molecule is COc1ccc(C(C)NC(=O)CSCc2ccccn2)cc1F. The Balaban J connectivity index is 1.81. The minimum absolute atomic E-state index is 0.0883. The van der Waals surface area contributed by atoms with Gasteiger partial charge in [-0.1, -0.05) is 12.1 Å². The maximum absolute atomic E-state index is 13.7. The van der Waals surface area contributed by atoms with Crippen LogP contribution in [0.1, 0.15) is 24.2 Å². The van der Waals surface area contributed by atoms with Gasteiger partial charge >= 0.3 is 0 Å². The number of rotatable bonds is 7. The van der Waals surface area contributed by atoms with Gasteiger partial charge in [0.15, 0.2) is 11.6 Å². The zero-order valence-corrected chi connectivity index (χ0v) is 13.9. The van der Waals surface area contributed by atoms with Crippen molar-refractivity contribution in [2.24, 2.45) is 0 Å². The molecule has 1 aromatic carbocycles. The number of nitrogens with zero attached hydrogens (tertiary/aromatic N) is 1. The molecular formula is C17H19FN2O2S. The summed E-state index contributed by atoms with van der Waals surface area (Å²) in [6, 6.07) is 10.1. The standard InChI is InChI=1S/C17H19FN2O2S/c1-12(13-6-7-16(22-2)15(18)9-13)20-17(21)11-23-10-14-5-3-4-8-19-14/h3-9,12H,10-11H2,1-2H3,(H,20,21). The lowest BCUT2D eigenvalue weighted by molar-refractivity contribution is -0.119. The first-order chi connectivity index (χ1) is 11.1. The second kappa shape index (κ2) is 8.53.